The van der Waals surface area contributed by atoms with E-state index in [1.165, 1.54) is 0 Å². The van der Waals surface area contributed by atoms with Gasteiger partial charge in [-0.25, -0.2) is 0 Å². The van der Waals surface area contributed by atoms with Gasteiger partial charge in [0.05, 0.1) is 0 Å². The molecule has 1 rings (SSSR count). The molecule has 0 heterocycles. The summed E-state index contributed by atoms with van der Waals surface area (Å²) in [6.07, 6.45) is -2.65. The van der Waals surface area contributed by atoms with Crippen LogP contribution >= 0.6 is 0 Å². The van der Waals surface area contributed by atoms with E-state index in [0.29, 0.717) is 17.5 Å². The third-order valence-corrected chi connectivity index (χ3v) is 2.35. The van der Waals surface area contributed by atoms with Crippen molar-refractivity contribution in [3.8, 4) is 0 Å². The molecule has 0 radical (unpaired) electrons. The average molecular weight is 225 g/mol. The van der Waals surface area contributed by atoms with Crippen molar-refractivity contribution in [1.82, 2.24) is 0 Å². The smallest absolute Gasteiger partial charge is 0.249 e. The van der Waals surface area contributed by atoms with Gasteiger partial charge in [-0.2, -0.15) is 0 Å². The lowest BCUT2D eigenvalue weighted by atomic mass is 9.97. The molecule has 1 aromatic carbocycles. The van der Waals surface area contributed by atoms with E-state index < -0.39 is 18.1 Å². The van der Waals surface area contributed by atoms with Crippen LogP contribution in [0, 0.1) is 0 Å². The first-order valence-electron chi connectivity index (χ1n) is 4.92. The summed E-state index contributed by atoms with van der Waals surface area (Å²) in [5.74, 6) is -0.980. The van der Waals surface area contributed by atoms with Crippen LogP contribution < -0.4 is 5.73 Å². The molecule has 5 heteroatoms. The molecule has 1 amide bonds. The quantitative estimate of drug-likeness (QED) is 0.521. The first-order chi connectivity index (χ1) is 7.57. The summed E-state index contributed by atoms with van der Waals surface area (Å²) in [6.45, 7) is -0.0730. The highest BCUT2D eigenvalue weighted by atomic mass is 16.3. The summed E-state index contributed by atoms with van der Waals surface area (Å²) in [4.78, 5) is 10.7. The number of aliphatic hydroxyl groups is 3. The fourth-order valence-corrected chi connectivity index (χ4v) is 1.50. The largest absolute Gasteiger partial charge is 0.396 e. The lowest BCUT2D eigenvalue weighted by Crippen LogP contribution is -2.34. The third kappa shape index (κ3) is 2.79. The SMILES string of the molecule is NC(=O)C(O)C(O)c1ccccc1CCO. The molecule has 0 saturated carbocycles. The van der Waals surface area contributed by atoms with E-state index in [-0.39, 0.29) is 6.61 Å². The lowest BCUT2D eigenvalue weighted by molar-refractivity contribution is -0.132. The van der Waals surface area contributed by atoms with Gasteiger partial charge in [-0.1, -0.05) is 24.3 Å². The van der Waals surface area contributed by atoms with Gasteiger partial charge in [-0.15, -0.1) is 0 Å². The maximum atomic E-state index is 10.7. The van der Waals surface area contributed by atoms with E-state index in [2.05, 4.69) is 0 Å². The van der Waals surface area contributed by atoms with E-state index in [4.69, 9.17) is 10.8 Å². The summed E-state index contributed by atoms with van der Waals surface area (Å²) in [7, 11) is 0. The number of hydrogen-bond donors (Lipinski definition) is 4. The van der Waals surface area contributed by atoms with Crippen molar-refractivity contribution in [2.45, 2.75) is 18.6 Å². The number of carbonyl (C=O) groups is 1. The maximum absolute atomic E-state index is 10.7. The van der Waals surface area contributed by atoms with Gasteiger partial charge in [0.1, 0.15) is 6.10 Å². The monoisotopic (exact) mass is 225 g/mol. The molecule has 88 valence electrons. The highest BCUT2D eigenvalue weighted by molar-refractivity contribution is 5.79. The second-order valence-electron chi connectivity index (χ2n) is 3.46. The Balaban J connectivity index is 2.97. The Labute approximate surface area is 93.1 Å². The predicted molar refractivity (Wildman–Crippen MR) is 57.4 cm³/mol. The summed E-state index contributed by atoms with van der Waals surface area (Å²) in [6, 6.07) is 6.72. The summed E-state index contributed by atoms with van der Waals surface area (Å²) in [5, 5.41) is 27.9. The molecule has 0 bridgehead atoms. The van der Waals surface area contributed by atoms with Crippen molar-refractivity contribution in [3.05, 3.63) is 35.4 Å². The van der Waals surface area contributed by atoms with Crippen LogP contribution in [0.1, 0.15) is 17.2 Å². The maximum Gasteiger partial charge on any atom is 0.249 e. The zero-order valence-electron chi connectivity index (χ0n) is 8.71. The molecule has 1 aromatic rings. The Morgan fingerprint density at radius 2 is 1.94 bits per heavy atom. The number of hydrogen-bond acceptors (Lipinski definition) is 4. The van der Waals surface area contributed by atoms with E-state index in [1.54, 1.807) is 24.3 Å². The van der Waals surface area contributed by atoms with Gasteiger partial charge in [-0.3, -0.25) is 4.79 Å². The van der Waals surface area contributed by atoms with Crippen LogP contribution in [0.4, 0.5) is 0 Å². The van der Waals surface area contributed by atoms with Crippen molar-refractivity contribution in [2.75, 3.05) is 6.61 Å². The van der Waals surface area contributed by atoms with Crippen LogP contribution in [-0.4, -0.2) is 33.9 Å². The summed E-state index contributed by atoms with van der Waals surface area (Å²) >= 11 is 0. The molecule has 5 nitrogen and oxygen atoms in total. The van der Waals surface area contributed by atoms with E-state index in [1.807, 2.05) is 0 Å². The molecule has 0 fully saturated rings. The highest BCUT2D eigenvalue weighted by Gasteiger charge is 2.24. The van der Waals surface area contributed by atoms with Gasteiger partial charge in [0.25, 0.3) is 0 Å². The Morgan fingerprint density at radius 1 is 1.31 bits per heavy atom. The van der Waals surface area contributed by atoms with Crippen molar-refractivity contribution in [2.24, 2.45) is 5.73 Å². The Morgan fingerprint density at radius 3 is 2.50 bits per heavy atom. The molecule has 0 spiro atoms. The number of nitrogens with two attached hydrogens (primary N) is 1. The van der Waals surface area contributed by atoms with Crippen LogP contribution in [0.3, 0.4) is 0 Å². The number of carbonyl (C=O) groups excluding carboxylic acids is 1. The fraction of sp³-hybridized carbons (Fsp3) is 0.364. The normalized spacial score (nSPS) is 14.4. The minimum Gasteiger partial charge on any atom is -0.396 e. The molecular formula is C11H15NO4. The van der Waals surface area contributed by atoms with E-state index in [9.17, 15) is 15.0 Å². The van der Waals surface area contributed by atoms with Gasteiger partial charge in [0, 0.05) is 6.61 Å². The summed E-state index contributed by atoms with van der Waals surface area (Å²) < 4.78 is 0. The topological polar surface area (TPSA) is 104 Å². The molecule has 0 aliphatic heterocycles. The molecule has 0 aliphatic carbocycles. The second kappa shape index (κ2) is 5.60. The number of aliphatic hydroxyl groups excluding tert-OH is 3. The second-order valence-corrected chi connectivity index (χ2v) is 3.46. The lowest BCUT2D eigenvalue weighted by Gasteiger charge is -2.18. The van der Waals surface area contributed by atoms with Gasteiger partial charge in [-0.05, 0) is 17.5 Å². The molecule has 0 aliphatic rings. The predicted octanol–water partition coefficient (Wildman–Crippen LogP) is -0.899. The summed E-state index contributed by atoms with van der Waals surface area (Å²) in [5.41, 5.74) is 5.98. The Bertz CT molecular complexity index is 367. The molecule has 5 N–H and O–H groups in total. The van der Waals surface area contributed by atoms with Crippen LogP contribution in [0.2, 0.25) is 0 Å². The number of rotatable bonds is 5. The van der Waals surface area contributed by atoms with Gasteiger partial charge in [0.15, 0.2) is 6.10 Å². The number of amides is 1. The minimum absolute atomic E-state index is 0.0730. The van der Waals surface area contributed by atoms with Crippen LogP contribution in [-0.2, 0) is 11.2 Å². The fourth-order valence-electron chi connectivity index (χ4n) is 1.50. The zero-order valence-corrected chi connectivity index (χ0v) is 8.71. The molecular weight excluding hydrogens is 210 g/mol. The molecule has 2 atom stereocenters. The van der Waals surface area contributed by atoms with Crippen molar-refractivity contribution >= 4 is 5.91 Å². The van der Waals surface area contributed by atoms with Gasteiger partial charge in [0.2, 0.25) is 5.91 Å². The zero-order chi connectivity index (χ0) is 12.1. The van der Waals surface area contributed by atoms with Gasteiger partial charge >= 0.3 is 0 Å². The molecule has 2 unspecified atom stereocenters. The first-order valence-corrected chi connectivity index (χ1v) is 4.92. The van der Waals surface area contributed by atoms with E-state index >= 15 is 0 Å². The van der Waals surface area contributed by atoms with E-state index in [0.717, 1.165) is 0 Å². The molecule has 0 aromatic heterocycles. The average Bonchev–Trinajstić information content (AvgIpc) is 2.28. The third-order valence-electron chi connectivity index (χ3n) is 2.35. The van der Waals surface area contributed by atoms with Crippen LogP contribution in [0.25, 0.3) is 0 Å². The van der Waals surface area contributed by atoms with Crippen LogP contribution in [0.5, 0.6) is 0 Å². The molecule has 0 saturated heterocycles. The number of primary amides is 1. The standard InChI is InChI=1S/C11H15NO4/c12-11(16)10(15)9(14)8-4-2-1-3-7(8)5-6-13/h1-4,9-10,13-15H,5-6H2,(H2,12,16). The van der Waals surface area contributed by atoms with Crippen molar-refractivity contribution in [3.63, 3.8) is 0 Å². The Hall–Kier alpha value is -1.43. The van der Waals surface area contributed by atoms with Gasteiger partial charge < -0.3 is 21.1 Å². The first kappa shape index (κ1) is 12.6. The Kier molecular flexibility index (Phi) is 4.42. The van der Waals surface area contributed by atoms with Crippen molar-refractivity contribution < 1.29 is 20.1 Å². The number of benzene rings is 1. The molecule has 16 heavy (non-hydrogen) atoms. The van der Waals surface area contributed by atoms with Crippen molar-refractivity contribution in [1.29, 1.82) is 0 Å². The highest BCUT2D eigenvalue weighted by Crippen LogP contribution is 2.21. The minimum atomic E-state index is -1.64. The van der Waals surface area contributed by atoms with Crippen LogP contribution in [0.15, 0.2) is 24.3 Å².